The predicted molar refractivity (Wildman–Crippen MR) is 106 cm³/mol. The minimum atomic E-state index is -0.754. The van der Waals surface area contributed by atoms with E-state index in [0.717, 1.165) is 31.2 Å². The maximum absolute atomic E-state index is 13.0. The monoisotopic (exact) mass is 414 g/mol. The van der Waals surface area contributed by atoms with Crippen LogP contribution >= 0.6 is 0 Å². The lowest BCUT2D eigenvalue weighted by molar-refractivity contribution is -0.123. The van der Waals surface area contributed by atoms with Crippen LogP contribution in [-0.2, 0) is 16.1 Å². The molecule has 158 valence electrons. The van der Waals surface area contributed by atoms with E-state index in [0.29, 0.717) is 0 Å². The summed E-state index contributed by atoms with van der Waals surface area (Å²) in [6.45, 7) is -0.463. The van der Waals surface area contributed by atoms with Gasteiger partial charge in [0.15, 0.2) is 6.61 Å². The molecule has 2 aromatic carbocycles. The fraction of sp³-hybridized carbons (Fsp3) is 0.318. The van der Waals surface area contributed by atoms with E-state index in [1.165, 1.54) is 18.2 Å². The third-order valence-corrected chi connectivity index (χ3v) is 4.69. The highest BCUT2D eigenvalue weighted by Crippen LogP contribution is 2.20. The number of urea groups is 1. The molecule has 0 bridgehead atoms. The minimum absolute atomic E-state index is 0.0745. The number of benzene rings is 2. The number of halogens is 1. The highest BCUT2D eigenvalue weighted by molar-refractivity contribution is 5.97. The van der Waals surface area contributed by atoms with Crippen molar-refractivity contribution >= 4 is 17.9 Å². The van der Waals surface area contributed by atoms with Crippen LogP contribution in [0.25, 0.3) is 0 Å². The van der Waals surface area contributed by atoms with Crippen LogP contribution in [0.4, 0.5) is 9.18 Å². The third-order valence-electron chi connectivity index (χ3n) is 4.69. The van der Waals surface area contributed by atoms with Gasteiger partial charge in [-0.25, -0.2) is 14.0 Å². The normalized spacial score (nSPS) is 13.5. The van der Waals surface area contributed by atoms with E-state index in [4.69, 9.17) is 9.47 Å². The summed E-state index contributed by atoms with van der Waals surface area (Å²) in [7, 11) is 0. The summed E-state index contributed by atoms with van der Waals surface area (Å²) in [6, 6.07) is 11.7. The van der Waals surface area contributed by atoms with Crippen molar-refractivity contribution in [2.24, 2.45) is 0 Å². The number of rotatable bonds is 7. The van der Waals surface area contributed by atoms with E-state index in [2.05, 4.69) is 10.6 Å². The quantitative estimate of drug-likeness (QED) is 0.678. The SMILES string of the molecule is O=C(COC(=O)c1ccccc1OCc1ccc(F)cc1)NC(=O)NC1CCCC1. The van der Waals surface area contributed by atoms with Gasteiger partial charge in [-0.1, -0.05) is 37.1 Å². The summed E-state index contributed by atoms with van der Waals surface area (Å²) in [6.07, 6.45) is 3.90. The van der Waals surface area contributed by atoms with E-state index in [9.17, 15) is 18.8 Å². The fourth-order valence-corrected chi connectivity index (χ4v) is 3.17. The van der Waals surface area contributed by atoms with Crippen LogP contribution in [0.5, 0.6) is 5.75 Å². The zero-order chi connectivity index (χ0) is 21.3. The number of imide groups is 1. The van der Waals surface area contributed by atoms with E-state index in [-0.39, 0.29) is 29.8 Å². The van der Waals surface area contributed by atoms with Crippen molar-refractivity contribution in [1.29, 1.82) is 0 Å². The Bertz CT molecular complexity index is 895. The fourth-order valence-electron chi connectivity index (χ4n) is 3.17. The molecule has 7 nitrogen and oxygen atoms in total. The van der Waals surface area contributed by atoms with Gasteiger partial charge in [-0.3, -0.25) is 10.1 Å². The average molecular weight is 414 g/mol. The lowest BCUT2D eigenvalue weighted by atomic mass is 10.2. The lowest BCUT2D eigenvalue weighted by Gasteiger charge is -2.13. The number of amides is 3. The topological polar surface area (TPSA) is 93.7 Å². The second kappa shape index (κ2) is 10.4. The van der Waals surface area contributed by atoms with E-state index in [1.54, 1.807) is 30.3 Å². The first-order valence-corrected chi connectivity index (χ1v) is 9.75. The van der Waals surface area contributed by atoms with Crippen molar-refractivity contribution < 1.29 is 28.2 Å². The van der Waals surface area contributed by atoms with Gasteiger partial charge in [-0.05, 0) is 42.7 Å². The molecule has 2 aromatic rings. The van der Waals surface area contributed by atoms with Gasteiger partial charge < -0.3 is 14.8 Å². The summed E-state index contributed by atoms with van der Waals surface area (Å²) < 4.78 is 23.6. The molecule has 0 aliphatic heterocycles. The molecule has 1 fully saturated rings. The van der Waals surface area contributed by atoms with Gasteiger partial charge in [0.05, 0.1) is 0 Å². The van der Waals surface area contributed by atoms with Crippen LogP contribution in [-0.4, -0.2) is 30.6 Å². The van der Waals surface area contributed by atoms with Gasteiger partial charge in [0.1, 0.15) is 23.7 Å². The largest absolute Gasteiger partial charge is 0.488 e. The van der Waals surface area contributed by atoms with Crippen LogP contribution in [0.3, 0.4) is 0 Å². The standard InChI is InChI=1S/C22H23FN2O5/c23-16-11-9-15(10-12-16)13-29-19-8-4-3-7-18(19)21(27)30-14-20(26)25-22(28)24-17-5-1-2-6-17/h3-4,7-12,17H,1-2,5-6,13-14H2,(H2,24,25,26,28). The van der Waals surface area contributed by atoms with Gasteiger partial charge >= 0.3 is 12.0 Å². The lowest BCUT2D eigenvalue weighted by Crippen LogP contribution is -2.45. The first-order valence-electron chi connectivity index (χ1n) is 9.75. The first kappa shape index (κ1) is 21.3. The Balaban J connectivity index is 1.49. The second-order valence-corrected chi connectivity index (χ2v) is 6.99. The van der Waals surface area contributed by atoms with E-state index < -0.39 is 24.5 Å². The Morgan fingerprint density at radius 1 is 1.00 bits per heavy atom. The van der Waals surface area contributed by atoms with Gasteiger partial charge in [0.2, 0.25) is 0 Å². The highest BCUT2D eigenvalue weighted by Gasteiger charge is 2.19. The van der Waals surface area contributed by atoms with Crippen molar-refractivity contribution in [3.8, 4) is 5.75 Å². The van der Waals surface area contributed by atoms with Gasteiger partial charge in [0, 0.05) is 6.04 Å². The Morgan fingerprint density at radius 3 is 2.43 bits per heavy atom. The molecule has 0 spiro atoms. The maximum Gasteiger partial charge on any atom is 0.342 e. The first-order chi connectivity index (χ1) is 14.5. The molecule has 3 rings (SSSR count). The third kappa shape index (κ3) is 6.30. The Labute approximate surface area is 173 Å². The van der Waals surface area contributed by atoms with Gasteiger partial charge in [0.25, 0.3) is 5.91 Å². The minimum Gasteiger partial charge on any atom is -0.488 e. The summed E-state index contributed by atoms with van der Waals surface area (Å²) in [4.78, 5) is 36.0. The number of hydrogen-bond donors (Lipinski definition) is 2. The van der Waals surface area contributed by atoms with Crippen LogP contribution in [0.1, 0.15) is 41.6 Å². The number of nitrogens with one attached hydrogen (secondary N) is 2. The zero-order valence-corrected chi connectivity index (χ0v) is 16.4. The van der Waals surface area contributed by atoms with E-state index >= 15 is 0 Å². The smallest absolute Gasteiger partial charge is 0.342 e. The predicted octanol–water partition coefficient (Wildman–Crippen LogP) is 3.33. The second-order valence-electron chi connectivity index (χ2n) is 6.99. The summed E-state index contributed by atoms with van der Waals surface area (Å²) >= 11 is 0. The number of para-hydroxylation sites is 1. The Hall–Kier alpha value is -3.42. The summed E-state index contributed by atoms with van der Waals surface area (Å²) in [5, 5.41) is 4.87. The Morgan fingerprint density at radius 2 is 1.70 bits per heavy atom. The van der Waals surface area contributed by atoms with Gasteiger partial charge in [-0.2, -0.15) is 0 Å². The number of esters is 1. The molecule has 8 heteroatoms. The van der Waals surface area contributed by atoms with Crippen LogP contribution in [0.15, 0.2) is 48.5 Å². The summed E-state index contributed by atoms with van der Waals surface area (Å²) in [5.41, 5.74) is 0.870. The molecule has 1 aliphatic rings. The van der Waals surface area contributed by atoms with Crippen LogP contribution in [0, 0.1) is 5.82 Å². The zero-order valence-electron chi connectivity index (χ0n) is 16.4. The van der Waals surface area contributed by atoms with Crippen molar-refractivity contribution in [2.75, 3.05) is 6.61 Å². The highest BCUT2D eigenvalue weighted by atomic mass is 19.1. The van der Waals surface area contributed by atoms with Crippen LogP contribution < -0.4 is 15.4 Å². The molecular formula is C22H23FN2O5. The maximum atomic E-state index is 13.0. The average Bonchev–Trinajstić information content (AvgIpc) is 3.24. The van der Waals surface area contributed by atoms with Crippen molar-refractivity contribution in [2.45, 2.75) is 38.3 Å². The number of hydrogen-bond acceptors (Lipinski definition) is 5. The molecule has 30 heavy (non-hydrogen) atoms. The number of carbonyl (C=O) groups excluding carboxylic acids is 3. The molecule has 2 N–H and O–H groups in total. The molecular weight excluding hydrogens is 391 g/mol. The van der Waals surface area contributed by atoms with Crippen LogP contribution in [0.2, 0.25) is 0 Å². The van der Waals surface area contributed by atoms with E-state index in [1.807, 2.05) is 0 Å². The van der Waals surface area contributed by atoms with Crippen molar-refractivity contribution in [3.05, 3.63) is 65.5 Å². The number of carbonyl (C=O) groups is 3. The Kier molecular flexibility index (Phi) is 7.37. The molecule has 0 radical (unpaired) electrons. The molecule has 0 atom stereocenters. The molecule has 0 aromatic heterocycles. The number of ether oxygens (including phenoxy) is 2. The van der Waals surface area contributed by atoms with Crippen molar-refractivity contribution in [3.63, 3.8) is 0 Å². The van der Waals surface area contributed by atoms with Gasteiger partial charge in [-0.15, -0.1) is 0 Å². The molecule has 0 unspecified atom stereocenters. The molecule has 0 heterocycles. The molecule has 1 saturated carbocycles. The molecule has 0 saturated heterocycles. The van der Waals surface area contributed by atoms with Crippen molar-refractivity contribution in [1.82, 2.24) is 10.6 Å². The molecule has 3 amide bonds. The molecule has 1 aliphatic carbocycles. The summed E-state index contributed by atoms with van der Waals surface area (Å²) in [5.74, 6) is -1.55.